The Balaban J connectivity index is 1.73. The van der Waals surface area contributed by atoms with Crippen LogP contribution in [0.3, 0.4) is 0 Å². The van der Waals surface area contributed by atoms with E-state index in [9.17, 15) is 0 Å². The van der Waals surface area contributed by atoms with Gasteiger partial charge in [0.15, 0.2) is 10.8 Å². The van der Waals surface area contributed by atoms with Gasteiger partial charge in [0.1, 0.15) is 5.52 Å². The van der Waals surface area contributed by atoms with E-state index in [1.807, 2.05) is 23.0 Å². The number of hydrogen-bond acceptors (Lipinski definition) is 5. The number of pyridine rings is 1. The summed E-state index contributed by atoms with van der Waals surface area (Å²) in [6.45, 7) is 4.47. The summed E-state index contributed by atoms with van der Waals surface area (Å²) in [5.74, 6) is 0. The van der Waals surface area contributed by atoms with Gasteiger partial charge >= 0.3 is 0 Å². The Labute approximate surface area is 130 Å². The van der Waals surface area contributed by atoms with E-state index in [2.05, 4.69) is 33.7 Å². The molecule has 0 saturated carbocycles. The molecule has 0 aliphatic rings. The summed E-state index contributed by atoms with van der Waals surface area (Å²) in [6.07, 6.45) is 5.39. The highest BCUT2D eigenvalue weighted by molar-refractivity contribution is 7.22. The Bertz CT molecular complexity index is 998. The average Bonchev–Trinajstić information content (AvgIpc) is 3.09. The maximum Gasteiger partial charge on any atom is 0.181 e. The van der Waals surface area contributed by atoms with Crippen LogP contribution in [-0.2, 0) is 6.54 Å². The molecule has 0 aliphatic heterocycles. The summed E-state index contributed by atoms with van der Waals surface area (Å²) in [5.41, 5.74) is 10.6. The molecule has 0 spiro atoms. The number of nitrogens with zero attached hydrogens (tertiary/aromatic N) is 4. The summed E-state index contributed by atoms with van der Waals surface area (Å²) >= 11 is 1.50. The van der Waals surface area contributed by atoms with Crippen molar-refractivity contribution in [2.24, 2.45) is 0 Å². The largest absolute Gasteiger partial charge is 0.375 e. The van der Waals surface area contributed by atoms with Crippen LogP contribution in [0.25, 0.3) is 27.5 Å². The Morgan fingerprint density at radius 3 is 3.00 bits per heavy atom. The molecule has 3 aromatic heterocycles. The number of benzene rings is 1. The third kappa shape index (κ3) is 2.14. The van der Waals surface area contributed by atoms with Crippen molar-refractivity contribution in [3.8, 4) is 0 Å². The zero-order chi connectivity index (χ0) is 15.1. The van der Waals surface area contributed by atoms with Crippen molar-refractivity contribution in [2.75, 3.05) is 5.73 Å². The zero-order valence-electron chi connectivity index (χ0n) is 11.7. The van der Waals surface area contributed by atoms with Crippen molar-refractivity contribution >= 4 is 43.9 Å². The molecule has 0 radical (unpaired) electrons. The van der Waals surface area contributed by atoms with Crippen molar-refractivity contribution in [1.29, 1.82) is 0 Å². The average molecular weight is 307 g/mol. The lowest BCUT2D eigenvalue weighted by Gasteiger charge is -2.04. The Kier molecular flexibility index (Phi) is 2.90. The molecule has 0 unspecified atom stereocenters. The molecule has 3 heterocycles. The van der Waals surface area contributed by atoms with Crippen LogP contribution in [0.15, 0.2) is 43.4 Å². The summed E-state index contributed by atoms with van der Waals surface area (Å²) in [5, 5.41) is 0.596. The molecule has 0 atom stereocenters. The first kappa shape index (κ1) is 13.0. The van der Waals surface area contributed by atoms with Gasteiger partial charge in [0, 0.05) is 6.20 Å². The van der Waals surface area contributed by atoms with Gasteiger partial charge in [0.2, 0.25) is 0 Å². The van der Waals surface area contributed by atoms with E-state index < -0.39 is 0 Å². The molecular weight excluding hydrogens is 294 g/mol. The van der Waals surface area contributed by atoms with Crippen molar-refractivity contribution in [1.82, 2.24) is 19.5 Å². The van der Waals surface area contributed by atoms with Gasteiger partial charge in [0.25, 0.3) is 0 Å². The molecule has 0 fully saturated rings. The van der Waals surface area contributed by atoms with Crippen LogP contribution in [-0.4, -0.2) is 19.5 Å². The molecule has 0 bridgehead atoms. The van der Waals surface area contributed by atoms with Gasteiger partial charge in [-0.1, -0.05) is 30.1 Å². The van der Waals surface area contributed by atoms with Crippen molar-refractivity contribution in [3.05, 3.63) is 54.5 Å². The second kappa shape index (κ2) is 4.92. The van der Waals surface area contributed by atoms with Crippen molar-refractivity contribution in [3.63, 3.8) is 0 Å². The molecule has 5 nitrogen and oxygen atoms in total. The Morgan fingerprint density at radius 1 is 1.23 bits per heavy atom. The third-order valence-corrected chi connectivity index (χ3v) is 4.38. The van der Waals surface area contributed by atoms with Crippen LogP contribution < -0.4 is 5.73 Å². The summed E-state index contributed by atoms with van der Waals surface area (Å²) in [7, 11) is 0. The van der Waals surface area contributed by atoms with Gasteiger partial charge in [-0.3, -0.25) is 0 Å². The first-order valence-corrected chi connectivity index (χ1v) is 7.63. The molecular formula is C16H13N5S. The van der Waals surface area contributed by atoms with E-state index in [1.165, 1.54) is 16.9 Å². The lowest BCUT2D eigenvalue weighted by molar-refractivity contribution is 0.815. The maximum absolute atomic E-state index is 5.75. The van der Waals surface area contributed by atoms with E-state index in [4.69, 9.17) is 5.73 Å². The molecule has 0 aliphatic carbocycles. The Hall–Kier alpha value is -2.73. The number of hydrogen-bond donors (Lipinski definition) is 1. The molecule has 108 valence electrons. The number of nitrogens with two attached hydrogens (primary N) is 1. The Morgan fingerprint density at radius 2 is 2.14 bits per heavy atom. The van der Waals surface area contributed by atoms with E-state index >= 15 is 0 Å². The molecule has 22 heavy (non-hydrogen) atoms. The fourth-order valence-electron chi connectivity index (χ4n) is 2.47. The van der Waals surface area contributed by atoms with Gasteiger partial charge in [0.05, 0.1) is 23.1 Å². The third-order valence-electron chi connectivity index (χ3n) is 3.53. The first-order chi connectivity index (χ1) is 10.7. The highest BCUT2D eigenvalue weighted by Crippen LogP contribution is 2.25. The van der Waals surface area contributed by atoms with Crippen LogP contribution in [0.4, 0.5) is 5.13 Å². The van der Waals surface area contributed by atoms with Gasteiger partial charge in [-0.25, -0.2) is 15.0 Å². The van der Waals surface area contributed by atoms with Crippen LogP contribution in [0.5, 0.6) is 0 Å². The minimum absolute atomic E-state index is 0.596. The van der Waals surface area contributed by atoms with Gasteiger partial charge in [-0.05, 0) is 29.3 Å². The van der Waals surface area contributed by atoms with E-state index in [1.54, 1.807) is 12.3 Å². The van der Waals surface area contributed by atoms with Crippen LogP contribution in [0, 0.1) is 0 Å². The molecule has 4 rings (SSSR count). The van der Waals surface area contributed by atoms with Crippen LogP contribution in [0.1, 0.15) is 11.1 Å². The predicted octanol–water partition coefficient (Wildman–Crippen LogP) is 3.31. The maximum atomic E-state index is 5.75. The SMILES string of the molecule is C=Cc1cnc2c(c1)ncn2Cc1ccc2nc(N)sc2c1. The fraction of sp³-hybridized carbons (Fsp3) is 0.0625. The number of thiazole rings is 1. The quantitative estimate of drug-likeness (QED) is 0.630. The number of rotatable bonds is 3. The van der Waals surface area contributed by atoms with Crippen LogP contribution in [0.2, 0.25) is 0 Å². The predicted molar refractivity (Wildman–Crippen MR) is 90.8 cm³/mol. The topological polar surface area (TPSA) is 69.6 Å². The smallest absolute Gasteiger partial charge is 0.181 e. The number of nitrogen functional groups attached to an aromatic ring is 1. The van der Waals surface area contributed by atoms with Gasteiger partial charge < -0.3 is 10.3 Å². The first-order valence-electron chi connectivity index (χ1n) is 6.81. The highest BCUT2D eigenvalue weighted by atomic mass is 32.1. The summed E-state index contributed by atoms with van der Waals surface area (Å²) < 4.78 is 3.13. The van der Waals surface area contributed by atoms with Crippen LogP contribution >= 0.6 is 11.3 Å². The summed E-state index contributed by atoms with van der Waals surface area (Å²) in [4.78, 5) is 13.2. The zero-order valence-corrected chi connectivity index (χ0v) is 12.5. The number of anilines is 1. The lowest BCUT2D eigenvalue weighted by Crippen LogP contribution is -1.99. The standard InChI is InChI=1S/C16H13N5S/c1-2-10-5-13-15(18-7-10)21(9-19-13)8-11-3-4-12-14(6-11)22-16(17)20-12/h2-7,9H,1,8H2,(H2,17,20). The lowest BCUT2D eigenvalue weighted by atomic mass is 10.2. The van der Waals surface area contributed by atoms with Gasteiger partial charge in [-0.2, -0.15) is 0 Å². The number of imidazole rings is 1. The van der Waals surface area contributed by atoms with Crippen molar-refractivity contribution in [2.45, 2.75) is 6.54 Å². The van der Waals surface area contributed by atoms with Crippen molar-refractivity contribution < 1.29 is 0 Å². The highest BCUT2D eigenvalue weighted by Gasteiger charge is 2.07. The summed E-state index contributed by atoms with van der Waals surface area (Å²) in [6, 6.07) is 8.16. The fourth-order valence-corrected chi connectivity index (χ4v) is 3.27. The van der Waals surface area contributed by atoms with E-state index in [0.717, 1.165) is 26.9 Å². The second-order valence-electron chi connectivity index (χ2n) is 5.04. The minimum Gasteiger partial charge on any atom is -0.375 e. The second-order valence-corrected chi connectivity index (χ2v) is 6.10. The molecule has 6 heteroatoms. The van der Waals surface area contributed by atoms with E-state index in [-0.39, 0.29) is 0 Å². The van der Waals surface area contributed by atoms with Gasteiger partial charge in [-0.15, -0.1) is 0 Å². The monoisotopic (exact) mass is 307 g/mol. The molecule has 2 N–H and O–H groups in total. The van der Waals surface area contributed by atoms with E-state index in [0.29, 0.717) is 11.7 Å². The molecule has 4 aromatic rings. The molecule has 0 amide bonds. The number of fused-ring (bicyclic) bond motifs is 2. The number of aromatic nitrogens is 4. The normalized spacial score (nSPS) is 11.3. The minimum atomic E-state index is 0.596. The molecule has 0 saturated heterocycles. The molecule has 1 aromatic carbocycles.